The zero-order chi connectivity index (χ0) is 20.6. The van der Waals surface area contributed by atoms with Crippen LogP contribution in [0.4, 0.5) is 5.69 Å². The zero-order valence-electron chi connectivity index (χ0n) is 16.8. The highest BCUT2D eigenvalue weighted by Crippen LogP contribution is 2.28. The molecule has 0 saturated carbocycles. The first-order valence-corrected chi connectivity index (χ1v) is 9.75. The molecule has 0 heterocycles. The molecule has 3 aromatic rings. The fourth-order valence-corrected chi connectivity index (χ4v) is 3.40. The Morgan fingerprint density at radius 1 is 0.931 bits per heavy atom. The van der Waals surface area contributed by atoms with E-state index in [-0.39, 0.29) is 18.5 Å². The summed E-state index contributed by atoms with van der Waals surface area (Å²) in [6.07, 6.45) is 1.14. The van der Waals surface area contributed by atoms with Gasteiger partial charge in [0.25, 0.3) is 0 Å². The van der Waals surface area contributed by atoms with Gasteiger partial charge in [-0.1, -0.05) is 61.5 Å². The van der Waals surface area contributed by atoms with Gasteiger partial charge in [-0.05, 0) is 52.4 Å². The van der Waals surface area contributed by atoms with Gasteiger partial charge >= 0.3 is 5.97 Å². The van der Waals surface area contributed by atoms with Crippen molar-refractivity contribution in [2.24, 2.45) is 0 Å². The molecule has 0 fully saturated rings. The molecule has 0 aliphatic carbocycles. The number of carbonyl (C=O) groups excluding carboxylic acids is 2. The Balaban J connectivity index is 1.83. The highest BCUT2D eigenvalue weighted by atomic mass is 16.5. The van der Waals surface area contributed by atoms with E-state index in [2.05, 4.69) is 18.3 Å². The van der Waals surface area contributed by atoms with Crippen molar-refractivity contribution < 1.29 is 14.3 Å². The van der Waals surface area contributed by atoms with E-state index in [1.807, 2.05) is 66.7 Å². The van der Waals surface area contributed by atoms with Crippen LogP contribution in [0.1, 0.15) is 30.5 Å². The predicted molar refractivity (Wildman–Crippen MR) is 116 cm³/mol. The molecule has 0 unspecified atom stereocenters. The first kappa shape index (κ1) is 20.3. The van der Waals surface area contributed by atoms with E-state index in [1.54, 1.807) is 0 Å². The molecule has 3 aromatic carbocycles. The third-order valence-corrected chi connectivity index (χ3v) is 4.72. The van der Waals surface area contributed by atoms with Crippen molar-refractivity contribution in [3.05, 3.63) is 89.5 Å². The number of esters is 1. The van der Waals surface area contributed by atoms with Crippen molar-refractivity contribution in [3.63, 3.8) is 0 Å². The quantitative estimate of drug-likeness (QED) is 0.570. The molecule has 0 aromatic heterocycles. The molecule has 1 N–H and O–H groups in total. The summed E-state index contributed by atoms with van der Waals surface area (Å²) in [4.78, 5) is 23.6. The lowest BCUT2D eigenvalue weighted by atomic mass is 9.91. The maximum atomic E-state index is 12.5. The second-order valence-electron chi connectivity index (χ2n) is 6.87. The molecule has 0 aliphatic rings. The summed E-state index contributed by atoms with van der Waals surface area (Å²) in [5.41, 5.74) is 6.06. The minimum Gasteiger partial charge on any atom is -0.461 e. The van der Waals surface area contributed by atoms with Crippen LogP contribution < -0.4 is 5.32 Å². The van der Waals surface area contributed by atoms with Crippen molar-refractivity contribution in [1.82, 2.24) is 0 Å². The standard InChI is InChI=1S/C25H25NO3/c1-3-23-21(16-25(28)26-22-12-5-4-6-13-22)11-8-14-24(23)20-10-7-9-19(15-20)17-29-18(2)27/h4-15H,3,16-17H2,1-2H3,(H,26,28). The zero-order valence-corrected chi connectivity index (χ0v) is 16.8. The minimum absolute atomic E-state index is 0.0355. The van der Waals surface area contributed by atoms with Gasteiger partial charge in [-0.3, -0.25) is 9.59 Å². The van der Waals surface area contributed by atoms with Crippen molar-refractivity contribution in [3.8, 4) is 11.1 Å². The van der Waals surface area contributed by atoms with E-state index in [0.29, 0.717) is 6.42 Å². The van der Waals surface area contributed by atoms with Gasteiger partial charge in [0.1, 0.15) is 6.61 Å². The maximum absolute atomic E-state index is 12.5. The highest BCUT2D eigenvalue weighted by Gasteiger charge is 2.13. The average Bonchev–Trinajstić information content (AvgIpc) is 2.73. The fourth-order valence-electron chi connectivity index (χ4n) is 3.40. The Morgan fingerprint density at radius 2 is 1.69 bits per heavy atom. The molecule has 0 saturated heterocycles. The molecule has 148 valence electrons. The topological polar surface area (TPSA) is 55.4 Å². The predicted octanol–water partition coefficient (Wildman–Crippen LogP) is 5.16. The van der Waals surface area contributed by atoms with Crippen molar-refractivity contribution >= 4 is 17.6 Å². The number of nitrogens with one attached hydrogen (secondary N) is 1. The number of benzene rings is 3. The van der Waals surface area contributed by atoms with Gasteiger partial charge in [-0.15, -0.1) is 0 Å². The van der Waals surface area contributed by atoms with Crippen molar-refractivity contribution in [2.75, 3.05) is 5.32 Å². The van der Waals surface area contributed by atoms with E-state index in [9.17, 15) is 9.59 Å². The second-order valence-corrected chi connectivity index (χ2v) is 6.87. The Labute approximate surface area is 171 Å². The van der Waals surface area contributed by atoms with E-state index >= 15 is 0 Å². The fraction of sp³-hybridized carbons (Fsp3) is 0.200. The smallest absolute Gasteiger partial charge is 0.302 e. The van der Waals surface area contributed by atoms with Crippen LogP contribution in [0.5, 0.6) is 0 Å². The van der Waals surface area contributed by atoms with Gasteiger partial charge in [0.05, 0.1) is 6.42 Å². The Hall–Kier alpha value is -3.40. The number of carbonyl (C=O) groups is 2. The molecule has 29 heavy (non-hydrogen) atoms. The summed E-state index contributed by atoms with van der Waals surface area (Å²) in [7, 11) is 0. The Morgan fingerprint density at radius 3 is 2.41 bits per heavy atom. The van der Waals surface area contributed by atoms with Gasteiger partial charge in [0.2, 0.25) is 5.91 Å². The first-order valence-electron chi connectivity index (χ1n) is 9.75. The summed E-state index contributed by atoms with van der Waals surface area (Å²) in [6, 6.07) is 23.5. The van der Waals surface area contributed by atoms with Crippen LogP contribution in [0.2, 0.25) is 0 Å². The van der Waals surface area contributed by atoms with Crippen LogP contribution in [0.25, 0.3) is 11.1 Å². The van der Waals surface area contributed by atoms with Gasteiger partial charge in [0, 0.05) is 12.6 Å². The molecule has 4 heteroatoms. The summed E-state index contributed by atoms with van der Waals surface area (Å²) in [5.74, 6) is -0.331. The summed E-state index contributed by atoms with van der Waals surface area (Å²) in [6.45, 7) is 3.76. The lowest BCUT2D eigenvalue weighted by Crippen LogP contribution is -2.15. The van der Waals surface area contributed by atoms with Gasteiger partial charge < -0.3 is 10.1 Å². The van der Waals surface area contributed by atoms with E-state index in [0.717, 1.165) is 39.9 Å². The Kier molecular flexibility index (Phi) is 6.80. The Bertz CT molecular complexity index is 996. The van der Waals surface area contributed by atoms with Crippen LogP contribution in [-0.2, 0) is 33.8 Å². The normalized spacial score (nSPS) is 10.4. The number of hydrogen-bond donors (Lipinski definition) is 1. The van der Waals surface area contributed by atoms with Crippen molar-refractivity contribution in [2.45, 2.75) is 33.3 Å². The largest absolute Gasteiger partial charge is 0.461 e. The van der Waals surface area contributed by atoms with Gasteiger partial charge in [-0.25, -0.2) is 0 Å². The lowest BCUT2D eigenvalue weighted by Gasteiger charge is -2.15. The van der Waals surface area contributed by atoms with Gasteiger partial charge in [0.15, 0.2) is 0 Å². The van der Waals surface area contributed by atoms with E-state index in [1.165, 1.54) is 6.92 Å². The second kappa shape index (κ2) is 9.69. The molecule has 3 rings (SSSR count). The summed E-state index contributed by atoms with van der Waals surface area (Å²) < 4.78 is 5.12. The number of hydrogen-bond acceptors (Lipinski definition) is 3. The molecule has 1 amide bonds. The molecular formula is C25H25NO3. The third-order valence-electron chi connectivity index (χ3n) is 4.72. The first-order chi connectivity index (χ1) is 14.1. The van der Waals surface area contributed by atoms with Crippen LogP contribution in [0.3, 0.4) is 0 Å². The minimum atomic E-state index is -0.295. The van der Waals surface area contributed by atoms with Crippen LogP contribution in [0, 0.1) is 0 Å². The summed E-state index contributed by atoms with van der Waals surface area (Å²) in [5, 5.41) is 2.95. The number of para-hydroxylation sites is 1. The van der Waals surface area contributed by atoms with Gasteiger partial charge in [-0.2, -0.15) is 0 Å². The van der Waals surface area contributed by atoms with Crippen LogP contribution >= 0.6 is 0 Å². The summed E-state index contributed by atoms with van der Waals surface area (Å²) >= 11 is 0. The third kappa shape index (κ3) is 5.55. The molecule has 0 radical (unpaired) electrons. The number of anilines is 1. The molecule has 0 bridgehead atoms. The van der Waals surface area contributed by atoms with E-state index in [4.69, 9.17) is 4.74 Å². The molecule has 4 nitrogen and oxygen atoms in total. The van der Waals surface area contributed by atoms with E-state index < -0.39 is 0 Å². The SMILES string of the molecule is CCc1c(CC(=O)Nc2ccccc2)cccc1-c1cccc(COC(C)=O)c1. The van der Waals surface area contributed by atoms with Crippen molar-refractivity contribution in [1.29, 1.82) is 0 Å². The molecule has 0 atom stereocenters. The number of ether oxygens (including phenoxy) is 1. The highest BCUT2D eigenvalue weighted by molar-refractivity contribution is 5.92. The molecular weight excluding hydrogens is 362 g/mol. The number of rotatable bonds is 7. The number of amides is 1. The average molecular weight is 387 g/mol. The molecule has 0 aliphatic heterocycles. The maximum Gasteiger partial charge on any atom is 0.302 e. The van der Waals surface area contributed by atoms with Crippen LogP contribution in [0.15, 0.2) is 72.8 Å². The molecule has 0 spiro atoms. The van der Waals surface area contributed by atoms with Crippen LogP contribution in [-0.4, -0.2) is 11.9 Å². The monoisotopic (exact) mass is 387 g/mol. The lowest BCUT2D eigenvalue weighted by molar-refractivity contribution is -0.142.